The SMILES string of the molecule is CC(=O)c1cccc(NC(=O)c2noc3c2CC(C)CC3)c1. The number of benzene rings is 1. The average molecular weight is 298 g/mol. The van der Waals surface area contributed by atoms with E-state index in [1.165, 1.54) is 6.92 Å². The fraction of sp³-hybridized carbons (Fsp3) is 0.353. The van der Waals surface area contributed by atoms with Crippen molar-refractivity contribution in [2.75, 3.05) is 5.32 Å². The molecule has 2 aromatic rings. The lowest BCUT2D eigenvalue weighted by Crippen LogP contribution is -2.18. The summed E-state index contributed by atoms with van der Waals surface area (Å²) in [5.74, 6) is 1.02. The summed E-state index contributed by atoms with van der Waals surface area (Å²) in [6, 6.07) is 6.87. The lowest BCUT2D eigenvalue weighted by molar-refractivity contribution is 0.100. The van der Waals surface area contributed by atoms with E-state index >= 15 is 0 Å². The number of aryl methyl sites for hydroxylation is 1. The molecule has 1 heterocycles. The molecular weight excluding hydrogens is 280 g/mol. The van der Waals surface area contributed by atoms with Crippen LogP contribution in [-0.4, -0.2) is 16.8 Å². The highest BCUT2D eigenvalue weighted by Crippen LogP contribution is 2.28. The minimum Gasteiger partial charge on any atom is -0.360 e. The maximum Gasteiger partial charge on any atom is 0.278 e. The topological polar surface area (TPSA) is 72.2 Å². The molecule has 1 aromatic carbocycles. The van der Waals surface area contributed by atoms with E-state index in [9.17, 15) is 9.59 Å². The van der Waals surface area contributed by atoms with E-state index in [4.69, 9.17) is 4.52 Å². The molecular formula is C17H18N2O3. The van der Waals surface area contributed by atoms with Crippen molar-refractivity contribution < 1.29 is 14.1 Å². The Kier molecular flexibility index (Phi) is 3.79. The Morgan fingerprint density at radius 1 is 1.36 bits per heavy atom. The minimum atomic E-state index is -0.292. The molecule has 0 radical (unpaired) electrons. The number of rotatable bonds is 3. The van der Waals surface area contributed by atoms with E-state index in [1.54, 1.807) is 24.3 Å². The zero-order chi connectivity index (χ0) is 15.7. The van der Waals surface area contributed by atoms with Gasteiger partial charge in [-0.2, -0.15) is 0 Å². The van der Waals surface area contributed by atoms with Crippen molar-refractivity contribution in [3.05, 3.63) is 46.8 Å². The van der Waals surface area contributed by atoms with Gasteiger partial charge >= 0.3 is 0 Å². The Balaban J connectivity index is 1.82. The standard InChI is InChI=1S/C17H18N2O3/c1-10-6-7-15-14(8-10)16(19-22-15)17(21)18-13-5-3-4-12(9-13)11(2)20/h3-5,9-10H,6-8H2,1-2H3,(H,18,21). The van der Waals surface area contributed by atoms with E-state index in [2.05, 4.69) is 17.4 Å². The number of amides is 1. The number of nitrogens with one attached hydrogen (secondary N) is 1. The second-order valence-electron chi connectivity index (χ2n) is 5.87. The zero-order valence-corrected chi connectivity index (χ0v) is 12.7. The third-order valence-corrected chi connectivity index (χ3v) is 4.03. The third-order valence-electron chi connectivity index (χ3n) is 4.03. The molecule has 1 atom stereocenters. The van der Waals surface area contributed by atoms with Gasteiger partial charge in [0.05, 0.1) is 0 Å². The second kappa shape index (κ2) is 5.75. The summed E-state index contributed by atoms with van der Waals surface area (Å²) in [6.45, 7) is 3.66. The third kappa shape index (κ3) is 2.79. The van der Waals surface area contributed by atoms with Gasteiger partial charge < -0.3 is 9.84 Å². The van der Waals surface area contributed by atoms with Crippen molar-refractivity contribution in [2.45, 2.75) is 33.1 Å². The van der Waals surface area contributed by atoms with Crippen LogP contribution >= 0.6 is 0 Å². The maximum atomic E-state index is 12.4. The van der Waals surface area contributed by atoms with Gasteiger partial charge in [-0.15, -0.1) is 0 Å². The number of carbonyl (C=O) groups excluding carboxylic acids is 2. The summed E-state index contributed by atoms with van der Waals surface area (Å²) >= 11 is 0. The van der Waals surface area contributed by atoms with E-state index in [1.807, 2.05) is 0 Å². The molecule has 0 bridgehead atoms. The smallest absolute Gasteiger partial charge is 0.278 e. The number of fused-ring (bicyclic) bond motifs is 1. The van der Waals surface area contributed by atoms with Gasteiger partial charge in [0.1, 0.15) is 5.76 Å². The molecule has 5 nitrogen and oxygen atoms in total. The number of hydrogen-bond donors (Lipinski definition) is 1. The van der Waals surface area contributed by atoms with Gasteiger partial charge in [0.2, 0.25) is 0 Å². The molecule has 0 spiro atoms. The normalized spacial score (nSPS) is 16.9. The molecule has 1 amide bonds. The van der Waals surface area contributed by atoms with Crippen molar-refractivity contribution in [1.29, 1.82) is 0 Å². The van der Waals surface area contributed by atoms with Gasteiger partial charge in [-0.05, 0) is 37.8 Å². The van der Waals surface area contributed by atoms with Crippen molar-refractivity contribution in [3.63, 3.8) is 0 Å². The Bertz CT molecular complexity index is 733. The number of nitrogens with zero attached hydrogens (tertiary/aromatic N) is 1. The first kappa shape index (κ1) is 14.5. The quantitative estimate of drug-likeness (QED) is 0.883. The lowest BCUT2D eigenvalue weighted by Gasteiger charge is -2.16. The number of Topliss-reactive ketones (excluding diaryl/α,β-unsaturated/α-hetero) is 1. The first-order valence-electron chi connectivity index (χ1n) is 7.44. The Labute approximate surface area is 128 Å². The van der Waals surface area contributed by atoms with Crippen LogP contribution in [0.3, 0.4) is 0 Å². The molecule has 1 aromatic heterocycles. The van der Waals surface area contributed by atoms with Gasteiger partial charge in [0.15, 0.2) is 11.5 Å². The molecule has 0 saturated carbocycles. The van der Waals surface area contributed by atoms with Crippen LogP contribution in [0.4, 0.5) is 5.69 Å². The second-order valence-corrected chi connectivity index (χ2v) is 5.87. The van der Waals surface area contributed by atoms with Crippen molar-refractivity contribution in [3.8, 4) is 0 Å². The van der Waals surface area contributed by atoms with E-state index < -0.39 is 0 Å². The highest BCUT2D eigenvalue weighted by Gasteiger charge is 2.26. The predicted octanol–water partition coefficient (Wildman–Crippen LogP) is 3.25. The average Bonchev–Trinajstić information content (AvgIpc) is 2.90. The molecule has 3 rings (SSSR count). The van der Waals surface area contributed by atoms with E-state index in [0.717, 1.165) is 30.6 Å². The van der Waals surface area contributed by atoms with Crippen LogP contribution in [0.2, 0.25) is 0 Å². The van der Waals surface area contributed by atoms with Crippen molar-refractivity contribution in [1.82, 2.24) is 5.16 Å². The summed E-state index contributed by atoms with van der Waals surface area (Å²) in [6.07, 6.45) is 2.70. The van der Waals surface area contributed by atoms with Gasteiger partial charge in [0.25, 0.3) is 5.91 Å². The number of ketones is 1. The molecule has 1 N–H and O–H groups in total. The first-order chi connectivity index (χ1) is 10.5. The van der Waals surface area contributed by atoms with E-state index in [0.29, 0.717) is 22.9 Å². The van der Waals surface area contributed by atoms with Crippen LogP contribution in [0.15, 0.2) is 28.8 Å². The van der Waals surface area contributed by atoms with E-state index in [-0.39, 0.29) is 11.7 Å². The monoisotopic (exact) mass is 298 g/mol. The Morgan fingerprint density at radius 2 is 2.18 bits per heavy atom. The molecule has 1 unspecified atom stereocenters. The molecule has 22 heavy (non-hydrogen) atoms. The van der Waals surface area contributed by atoms with Gasteiger partial charge in [-0.1, -0.05) is 24.2 Å². The molecule has 5 heteroatoms. The molecule has 1 aliphatic carbocycles. The summed E-state index contributed by atoms with van der Waals surface area (Å²) < 4.78 is 5.29. The number of carbonyl (C=O) groups is 2. The molecule has 1 aliphatic rings. The fourth-order valence-corrected chi connectivity index (χ4v) is 2.76. The number of anilines is 1. The summed E-state index contributed by atoms with van der Waals surface area (Å²) in [5, 5.41) is 6.72. The largest absolute Gasteiger partial charge is 0.360 e. The molecule has 114 valence electrons. The highest BCUT2D eigenvalue weighted by atomic mass is 16.5. The lowest BCUT2D eigenvalue weighted by atomic mass is 9.88. The summed E-state index contributed by atoms with van der Waals surface area (Å²) in [4.78, 5) is 23.8. The van der Waals surface area contributed by atoms with Crippen LogP contribution in [0.1, 0.15) is 52.4 Å². The Morgan fingerprint density at radius 3 is 2.95 bits per heavy atom. The van der Waals surface area contributed by atoms with Gasteiger partial charge in [0, 0.05) is 23.2 Å². The van der Waals surface area contributed by atoms with Crippen LogP contribution < -0.4 is 5.32 Å². The Hall–Kier alpha value is -2.43. The summed E-state index contributed by atoms with van der Waals surface area (Å²) in [5.41, 5.74) is 2.42. The number of hydrogen-bond acceptors (Lipinski definition) is 4. The van der Waals surface area contributed by atoms with Crippen LogP contribution in [0, 0.1) is 5.92 Å². The van der Waals surface area contributed by atoms with Crippen LogP contribution in [0.5, 0.6) is 0 Å². The fourth-order valence-electron chi connectivity index (χ4n) is 2.76. The molecule has 0 saturated heterocycles. The minimum absolute atomic E-state index is 0.0382. The molecule has 0 aliphatic heterocycles. The number of aromatic nitrogens is 1. The predicted molar refractivity (Wildman–Crippen MR) is 82.1 cm³/mol. The molecule has 0 fully saturated rings. The van der Waals surface area contributed by atoms with Gasteiger partial charge in [-0.3, -0.25) is 9.59 Å². The highest BCUT2D eigenvalue weighted by molar-refractivity contribution is 6.04. The van der Waals surface area contributed by atoms with Gasteiger partial charge in [-0.25, -0.2) is 0 Å². The van der Waals surface area contributed by atoms with Crippen LogP contribution in [0.25, 0.3) is 0 Å². The first-order valence-corrected chi connectivity index (χ1v) is 7.44. The van der Waals surface area contributed by atoms with Crippen molar-refractivity contribution >= 4 is 17.4 Å². The zero-order valence-electron chi connectivity index (χ0n) is 12.7. The van der Waals surface area contributed by atoms with Crippen molar-refractivity contribution in [2.24, 2.45) is 5.92 Å². The maximum absolute atomic E-state index is 12.4. The summed E-state index contributed by atoms with van der Waals surface area (Å²) in [7, 11) is 0. The van der Waals surface area contributed by atoms with Crippen LogP contribution in [-0.2, 0) is 12.8 Å².